The zero-order valence-electron chi connectivity index (χ0n) is 11.1. The predicted octanol–water partition coefficient (Wildman–Crippen LogP) is -0.858. The molecule has 1 aromatic rings. The molecule has 0 fully saturated rings. The predicted molar refractivity (Wildman–Crippen MR) is 72.9 cm³/mol. The van der Waals surface area contributed by atoms with Crippen molar-refractivity contribution in [2.45, 2.75) is 17.9 Å². The van der Waals surface area contributed by atoms with Crippen molar-refractivity contribution in [3.8, 4) is 0 Å². The Morgan fingerprint density at radius 1 is 1.38 bits per heavy atom. The van der Waals surface area contributed by atoms with Crippen LogP contribution < -0.4 is 10.5 Å². The van der Waals surface area contributed by atoms with Crippen LogP contribution in [0.2, 0.25) is 0 Å². The number of primary amides is 1. The second kappa shape index (κ2) is 5.52. The lowest BCUT2D eigenvalue weighted by Crippen LogP contribution is -2.29. The fraction of sp³-hybridized carbons (Fsp3) is 0.250. The van der Waals surface area contributed by atoms with E-state index in [-0.39, 0.29) is 10.7 Å². The first-order chi connectivity index (χ1) is 9.81. The number of fused-ring (bicyclic) bond motifs is 1. The summed E-state index contributed by atoms with van der Waals surface area (Å²) >= 11 is 0. The average molecular weight is 311 g/mol. The summed E-state index contributed by atoms with van der Waals surface area (Å²) in [7, 11) is -3.66. The molecule has 1 aliphatic rings. The van der Waals surface area contributed by atoms with Crippen LogP contribution in [0.1, 0.15) is 12.5 Å². The number of rotatable bonds is 4. The number of nitrogens with one attached hydrogen (secondary N) is 1. The normalized spacial score (nSPS) is 18.6. The van der Waals surface area contributed by atoms with Gasteiger partial charge in [0.15, 0.2) is 6.61 Å². The van der Waals surface area contributed by atoms with Crippen molar-refractivity contribution in [3.63, 3.8) is 0 Å². The van der Waals surface area contributed by atoms with Gasteiger partial charge in [-0.05, 0) is 19.1 Å². The number of amidine groups is 1. The minimum Gasteiger partial charge on any atom is -0.454 e. The maximum absolute atomic E-state index is 11.9. The smallest absolute Gasteiger partial charge is 0.331 e. The number of sulfonamides is 1. The van der Waals surface area contributed by atoms with Crippen molar-refractivity contribution in [1.82, 2.24) is 4.72 Å². The number of benzene rings is 1. The number of hydrogen-bond donors (Lipinski definition) is 2. The number of esters is 1. The molecule has 0 saturated heterocycles. The summed E-state index contributed by atoms with van der Waals surface area (Å²) in [5.74, 6) is -1.49. The van der Waals surface area contributed by atoms with Gasteiger partial charge in [0.2, 0.25) is 0 Å². The first-order valence-corrected chi connectivity index (χ1v) is 7.44. The van der Waals surface area contributed by atoms with E-state index in [4.69, 9.17) is 5.73 Å². The van der Waals surface area contributed by atoms with Gasteiger partial charge in [0, 0.05) is 5.56 Å². The number of nitrogens with zero attached hydrogens (tertiary/aromatic N) is 1. The highest BCUT2D eigenvalue weighted by Crippen LogP contribution is 2.22. The Labute approximate surface area is 121 Å². The molecule has 3 N–H and O–H groups in total. The van der Waals surface area contributed by atoms with Crippen LogP contribution in [0.5, 0.6) is 0 Å². The lowest BCUT2D eigenvalue weighted by molar-refractivity contribution is -0.148. The SMILES string of the molecule is C[C@H](N=C1NS(=O)(=O)c2ccccc21)C(=O)OCC(N)=O. The maximum Gasteiger partial charge on any atom is 0.331 e. The Morgan fingerprint density at radius 3 is 2.71 bits per heavy atom. The molecule has 1 heterocycles. The summed E-state index contributed by atoms with van der Waals surface area (Å²) in [5, 5.41) is 0. The molecule has 2 rings (SSSR count). The van der Waals surface area contributed by atoms with Crippen LogP contribution in [0, 0.1) is 0 Å². The molecule has 0 spiro atoms. The minimum atomic E-state index is -3.66. The number of aliphatic imine (C=N–C) groups is 1. The van der Waals surface area contributed by atoms with Crippen LogP contribution in [-0.4, -0.2) is 38.8 Å². The van der Waals surface area contributed by atoms with Gasteiger partial charge in [0.1, 0.15) is 11.9 Å². The summed E-state index contributed by atoms with van der Waals surface area (Å²) in [4.78, 5) is 26.2. The average Bonchev–Trinajstić information content (AvgIpc) is 2.68. The zero-order chi connectivity index (χ0) is 15.6. The molecule has 8 nitrogen and oxygen atoms in total. The van der Waals surface area contributed by atoms with E-state index in [9.17, 15) is 18.0 Å². The highest BCUT2D eigenvalue weighted by Gasteiger charge is 2.31. The van der Waals surface area contributed by atoms with E-state index in [2.05, 4.69) is 14.5 Å². The fourth-order valence-electron chi connectivity index (χ4n) is 1.74. The van der Waals surface area contributed by atoms with Gasteiger partial charge in [-0.3, -0.25) is 14.5 Å². The fourth-order valence-corrected chi connectivity index (χ4v) is 2.98. The van der Waals surface area contributed by atoms with E-state index in [1.54, 1.807) is 18.2 Å². The van der Waals surface area contributed by atoms with E-state index in [0.29, 0.717) is 5.56 Å². The number of carbonyl (C=O) groups is 2. The molecule has 1 amide bonds. The molecule has 0 saturated carbocycles. The number of hydrogen-bond acceptors (Lipinski definition) is 6. The highest BCUT2D eigenvalue weighted by atomic mass is 32.2. The zero-order valence-corrected chi connectivity index (χ0v) is 11.9. The van der Waals surface area contributed by atoms with Gasteiger partial charge in [-0.25, -0.2) is 13.2 Å². The second-order valence-electron chi connectivity index (χ2n) is 4.33. The first kappa shape index (κ1) is 15.0. The van der Waals surface area contributed by atoms with Gasteiger partial charge in [0.05, 0.1) is 4.90 Å². The van der Waals surface area contributed by atoms with Crippen LogP contribution in [0.25, 0.3) is 0 Å². The lowest BCUT2D eigenvalue weighted by atomic mass is 10.2. The molecule has 0 radical (unpaired) electrons. The molecule has 9 heteroatoms. The van der Waals surface area contributed by atoms with Crippen LogP contribution in [-0.2, 0) is 24.3 Å². The molecule has 0 unspecified atom stereocenters. The third-order valence-corrected chi connectivity index (χ3v) is 4.08. The van der Waals surface area contributed by atoms with Crippen molar-refractivity contribution < 1.29 is 22.7 Å². The van der Waals surface area contributed by atoms with Gasteiger partial charge in [-0.15, -0.1) is 0 Å². The van der Waals surface area contributed by atoms with Crippen LogP contribution in [0.3, 0.4) is 0 Å². The molecule has 1 atom stereocenters. The Bertz CT molecular complexity index is 726. The summed E-state index contributed by atoms with van der Waals surface area (Å²) in [6.45, 7) is 0.877. The number of ether oxygens (including phenoxy) is 1. The molecular formula is C12H13N3O5S. The van der Waals surface area contributed by atoms with E-state index in [1.807, 2.05) is 0 Å². The van der Waals surface area contributed by atoms with Gasteiger partial charge >= 0.3 is 5.97 Å². The van der Waals surface area contributed by atoms with Crippen LogP contribution in [0.15, 0.2) is 34.2 Å². The standard InChI is InChI=1S/C12H13N3O5S/c1-7(12(17)20-6-10(13)16)14-11-8-4-2-3-5-9(8)21(18,19)15-11/h2-5,7H,6H2,1H3,(H2,13,16)(H,14,15)/t7-/m0/s1. The lowest BCUT2D eigenvalue weighted by Gasteiger charge is -2.07. The summed E-state index contributed by atoms with van der Waals surface area (Å²) < 4.78 is 30.6. The number of carbonyl (C=O) groups excluding carboxylic acids is 2. The quantitative estimate of drug-likeness (QED) is 0.699. The molecule has 1 aromatic carbocycles. The van der Waals surface area contributed by atoms with Crippen molar-refractivity contribution in [3.05, 3.63) is 29.8 Å². The molecule has 112 valence electrons. The Kier molecular flexibility index (Phi) is 3.94. The van der Waals surface area contributed by atoms with E-state index in [0.717, 1.165) is 0 Å². The van der Waals surface area contributed by atoms with Crippen molar-refractivity contribution in [1.29, 1.82) is 0 Å². The molecule has 0 bridgehead atoms. The minimum absolute atomic E-state index is 0.0640. The van der Waals surface area contributed by atoms with E-state index in [1.165, 1.54) is 13.0 Å². The van der Waals surface area contributed by atoms with Crippen LogP contribution in [0.4, 0.5) is 0 Å². The van der Waals surface area contributed by atoms with Crippen molar-refractivity contribution >= 4 is 27.7 Å². The summed E-state index contributed by atoms with van der Waals surface area (Å²) in [5.41, 5.74) is 5.24. The maximum atomic E-state index is 11.9. The number of nitrogens with two attached hydrogens (primary N) is 1. The number of amides is 1. The molecule has 21 heavy (non-hydrogen) atoms. The van der Waals surface area contributed by atoms with Gasteiger partial charge in [-0.1, -0.05) is 12.1 Å². The molecule has 0 aromatic heterocycles. The highest BCUT2D eigenvalue weighted by molar-refractivity contribution is 7.90. The van der Waals surface area contributed by atoms with Gasteiger partial charge in [-0.2, -0.15) is 0 Å². The Morgan fingerprint density at radius 2 is 2.05 bits per heavy atom. The van der Waals surface area contributed by atoms with Gasteiger partial charge < -0.3 is 10.5 Å². The van der Waals surface area contributed by atoms with Gasteiger partial charge in [0.25, 0.3) is 15.9 Å². The monoisotopic (exact) mass is 311 g/mol. The third-order valence-electron chi connectivity index (χ3n) is 2.68. The summed E-state index contributed by atoms with van der Waals surface area (Å²) in [6.07, 6.45) is 0. The molecule has 1 aliphatic heterocycles. The van der Waals surface area contributed by atoms with Crippen molar-refractivity contribution in [2.24, 2.45) is 10.7 Å². The Balaban J connectivity index is 2.23. The molecular weight excluding hydrogens is 298 g/mol. The Hall–Kier alpha value is -2.42. The second-order valence-corrected chi connectivity index (χ2v) is 5.98. The van der Waals surface area contributed by atoms with E-state index < -0.39 is 34.5 Å². The molecule has 0 aliphatic carbocycles. The van der Waals surface area contributed by atoms with E-state index >= 15 is 0 Å². The third kappa shape index (κ3) is 3.19. The topological polar surface area (TPSA) is 128 Å². The summed E-state index contributed by atoms with van der Waals surface area (Å²) in [6, 6.07) is 5.29. The largest absolute Gasteiger partial charge is 0.454 e. The van der Waals surface area contributed by atoms with Crippen molar-refractivity contribution in [2.75, 3.05) is 6.61 Å². The van der Waals surface area contributed by atoms with Crippen LogP contribution >= 0.6 is 0 Å². The first-order valence-electron chi connectivity index (χ1n) is 5.96.